The largest absolute Gasteiger partial charge is 0.444 e. The second-order valence-corrected chi connectivity index (χ2v) is 7.05. The van der Waals surface area contributed by atoms with Gasteiger partial charge in [-0.05, 0) is 32.4 Å². The van der Waals surface area contributed by atoms with Crippen molar-refractivity contribution in [3.05, 3.63) is 35.4 Å². The molecule has 0 saturated carbocycles. The van der Waals surface area contributed by atoms with E-state index in [0.717, 1.165) is 11.1 Å². The summed E-state index contributed by atoms with van der Waals surface area (Å²) in [6.45, 7) is 7.43. The monoisotopic (exact) mass is 302 g/mol. The molecule has 0 radical (unpaired) electrons. The van der Waals surface area contributed by atoms with Crippen LogP contribution in [0.2, 0.25) is 0 Å². The lowest BCUT2D eigenvalue weighted by atomic mass is 9.87. The molecule has 2 aliphatic rings. The number of hydrogen-bond donors (Lipinski definition) is 1. The van der Waals surface area contributed by atoms with Gasteiger partial charge < -0.3 is 15.0 Å². The van der Waals surface area contributed by atoms with Crippen molar-refractivity contribution < 1.29 is 14.3 Å². The molecule has 1 N–H and O–H groups in total. The molecule has 5 heteroatoms. The minimum Gasteiger partial charge on any atom is -0.444 e. The Balaban J connectivity index is 1.83. The Kier molecular flexibility index (Phi) is 3.59. The van der Waals surface area contributed by atoms with E-state index < -0.39 is 5.60 Å². The van der Waals surface area contributed by atoms with Gasteiger partial charge in [-0.3, -0.25) is 4.79 Å². The molecule has 2 aliphatic heterocycles. The van der Waals surface area contributed by atoms with Crippen LogP contribution in [0, 0.1) is 5.92 Å². The fourth-order valence-electron chi connectivity index (χ4n) is 3.25. The van der Waals surface area contributed by atoms with Crippen LogP contribution in [0.15, 0.2) is 24.3 Å². The molecule has 0 bridgehead atoms. The van der Waals surface area contributed by atoms with Gasteiger partial charge in [0.25, 0.3) is 5.91 Å². The molecule has 22 heavy (non-hydrogen) atoms. The predicted molar refractivity (Wildman–Crippen MR) is 82.8 cm³/mol. The van der Waals surface area contributed by atoms with E-state index in [2.05, 4.69) is 5.32 Å². The molecular weight excluding hydrogens is 280 g/mol. The van der Waals surface area contributed by atoms with Gasteiger partial charge in [0.15, 0.2) is 0 Å². The van der Waals surface area contributed by atoms with E-state index in [-0.39, 0.29) is 23.8 Å². The third-order valence-electron chi connectivity index (χ3n) is 4.22. The van der Waals surface area contributed by atoms with Gasteiger partial charge in [0.05, 0.1) is 0 Å². The zero-order valence-corrected chi connectivity index (χ0v) is 13.3. The smallest absolute Gasteiger partial charge is 0.410 e. The van der Waals surface area contributed by atoms with Crippen molar-refractivity contribution in [1.82, 2.24) is 10.2 Å². The fourth-order valence-corrected chi connectivity index (χ4v) is 3.25. The molecule has 2 heterocycles. The third-order valence-corrected chi connectivity index (χ3v) is 4.22. The molecule has 0 unspecified atom stereocenters. The first-order valence-corrected chi connectivity index (χ1v) is 7.70. The second kappa shape index (κ2) is 5.30. The number of nitrogens with one attached hydrogen (secondary N) is 1. The van der Waals surface area contributed by atoms with Crippen LogP contribution in [0.5, 0.6) is 0 Å². The van der Waals surface area contributed by atoms with E-state index in [4.69, 9.17) is 4.74 Å². The van der Waals surface area contributed by atoms with E-state index in [0.29, 0.717) is 19.6 Å². The maximum Gasteiger partial charge on any atom is 0.410 e. The summed E-state index contributed by atoms with van der Waals surface area (Å²) in [5.74, 6) is 0.400. The van der Waals surface area contributed by atoms with Crippen LogP contribution in [0.1, 0.15) is 42.6 Å². The summed E-state index contributed by atoms with van der Waals surface area (Å²) in [5, 5.41) is 2.96. The highest BCUT2D eigenvalue weighted by atomic mass is 16.6. The Morgan fingerprint density at radius 2 is 2.00 bits per heavy atom. The van der Waals surface area contributed by atoms with Gasteiger partial charge in [-0.1, -0.05) is 18.2 Å². The number of likely N-dealkylation sites (tertiary alicyclic amines) is 1. The molecule has 5 nitrogen and oxygen atoms in total. The van der Waals surface area contributed by atoms with Gasteiger partial charge in [0, 0.05) is 37.0 Å². The summed E-state index contributed by atoms with van der Waals surface area (Å²) >= 11 is 0. The van der Waals surface area contributed by atoms with Crippen molar-refractivity contribution in [1.29, 1.82) is 0 Å². The molecule has 0 spiro atoms. The zero-order chi connectivity index (χ0) is 15.9. The van der Waals surface area contributed by atoms with Gasteiger partial charge in [0.2, 0.25) is 0 Å². The average molecular weight is 302 g/mol. The van der Waals surface area contributed by atoms with Crippen molar-refractivity contribution in [2.45, 2.75) is 32.3 Å². The van der Waals surface area contributed by atoms with Gasteiger partial charge in [0.1, 0.15) is 5.60 Å². The van der Waals surface area contributed by atoms with E-state index in [9.17, 15) is 9.59 Å². The van der Waals surface area contributed by atoms with Crippen LogP contribution in [-0.4, -0.2) is 42.1 Å². The quantitative estimate of drug-likeness (QED) is 0.800. The van der Waals surface area contributed by atoms with Crippen LogP contribution >= 0.6 is 0 Å². The van der Waals surface area contributed by atoms with Gasteiger partial charge in [-0.15, -0.1) is 0 Å². The lowest BCUT2D eigenvalue weighted by molar-refractivity contribution is 0.0287. The van der Waals surface area contributed by atoms with Crippen LogP contribution in [0.25, 0.3) is 0 Å². The highest BCUT2D eigenvalue weighted by Gasteiger charge is 2.40. The third kappa shape index (κ3) is 2.80. The Labute approximate surface area is 130 Å². The summed E-state index contributed by atoms with van der Waals surface area (Å²) in [5.41, 5.74) is 1.27. The molecule has 3 rings (SSSR count). The number of ether oxygens (including phenoxy) is 1. The molecule has 0 aliphatic carbocycles. The van der Waals surface area contributed by atoms with E-state index in [1.54, 1.807) is 4.90 Å². The first-order valence-electron chi connectivity index (χ1n) is 7.70. The van der Waals surface area contributed by atoms with Gasteiger partial charge in [-0.25, -0.2) is 4.79 Å². The molecule has 118 valence electrons. The van der Waals surface area contributed by atoms with Crippen LogP contribution < -0.4 is 5.32 Å². The lowest BCUT2D eigenvalue weighted by Gasteiger charge is -2.24. The number of amides is 2. The Bertz CT molecular complexity index is 606. The number of rotatable bonds is 0. The van der Waals surface area contributed by atoms with E-state index >= 15 is 0 Å². The summed E-state index contributed by atoms with van der Waals surface area (Å²) in [4.78, 5) is 26.2. The average Bonchev–Trinajstić information content (AvgIpc) is 2.82. The number of carbonyl (C=O) groups excluding carboxylic acids is 2. The van der Waals surface area contributed by atoms with E-state index in [1.165, 1.54) is 0 Å². The SMILES string of the molecule is CC(C)(C)OC(=O)N1C[C@H]2CNC(=O)c3ccccc3[C@@H]2C1. The molecule has 1 aromatic carbocycles. The first kappa shape index (κ1) is 14.9. The molecule has 0 aromatic heterocycles. The normalized spacial score (nSPS) is 24.1. The Hall–Kier alpha value is -2.04. The topological polar surface area (TPSA) is 58.6 Å². The highest BCUT2D eigenvalue weighted by Crippen LogP contribution is 2.36. The molecule has 2 atom stereocenters. The van der Waals surface area contributed by atoms with Crippen molar-refractivity contribution in [2.24, 2.45) is 5.92 Å². The predicted octanol–water partition coefficient (Wildman–Crippen LogP) is 2.38. The summed E-state index contributed by atoms with van der Waals surface area (Å²) in [6, 6.07) is 7.67. The molecule has 1 aromatic rings. The molecule has 1 fully saturated rings. The van der Waals surface area contributed by atoms with Crippen LogP contribution in [0.3, 0.4) is 0 Å². The Morgan fingerprint density at radius 3 is 2.73 bits per heavy atom. The summed E-state index contributed by atoms with van der Waals surface area (Å²) < 4.78 is 5.47. The molecule has 1 saturated heterocycles. The number of fused-ring (bicyclic) bond motifs is 3. The number of hydrogen-bond acceptors (Lipinski definition) is 3. The minimum absolute atomic E-state index is 0.0196. The lowest BCUT2D eigenvalue weighted by Crippen LogP contribution is -2.36. The Morgan fingerprint density at radius 1 is 1.27 bits per heavy atom. The number of benzene rings is 1. The highest BCUT2D eigenvalue weighted by molar-refractivity contribution is 5.96. The zero-order valence-electron chi connectivity index (χ0n) is 13.3. The number of nitrogens with zero attached hydrogens (tertiary/aromatic N) is 1. The van der Waals surface area contributed by atoms with Crippen molar-refractivity contribution in [3.8, 4) is 0 Å². The van der Waals surface area contributed by atoms with Crippen molar-refractivity contribution >= 4 is 12.0 Å². The number of carbonyl (C=O) groups is 2. The van der Waals surface area contributed by atoms with Crippen LogP contribution in [0.4, 0.5) is 4.79 Å². The maximum atomic E-state index is 12.3. The van der Waals surface area contributed by atoms with Crippen molar-refractivity contribution in [3.63, 3.8) is 0 Å². The fraction of sp³-hybridized carbons (Fsp3) is 0.529. The van der Waals surface area contributed by atoms with Crippen LogP contribution in [-0.2, 0) is 4.74 Å². The summed E-state index contributed by atoms with van der Waals surface area (Å²) in [7, 11) is 0. The molecule has 2 amide bonds. The summed E-state index contributed by atoms with van der Waals surface area (Å²) in [6.07, 6.45) is -0.274. The standard InChI is InChI=1S/C17H22N2O3/c1-17(2,3)22-16(21)19-9-11-8-18-15(20)13-7-5-4-6-12(13)14(11)10-19/h4-7,11,14H,8-10H2,1-3H3,(H,18,20)/t11-,14-/m1/s1. The van der Waals surface area contributed by atoms with Crippen molar-refractivity contribution in [2.75, 3.05) is 19.6 Å². The first-order chi connectivity index (χ1) is 10.3. The van der Waals surface area contributed by atoms with E-state index in [1.807, 2.05) is 45.0 Å². The minimum atomic E-state index is -0.492. The van der Waals surface area contributed by atoms with Gasteiger partial charge >= 0.3 is 6.09 Å². The molecular formula is C17H22N2O3. The van der Waals surface area contributed by atoms with Gasteiger partial charge in [-0.2, -0.15) is 0 Å². The second-order valence-electron chi connectivity index (χ2n) is 7.05. The maximum absolute atomic E-state index is 12.3.